The van der Waals surface area contributed by atoms with Gasteiger partial charge in [0.15, 0.2) is 5.65 Å². The Bertz CT molecular complexity index is 429. The van der Waals surface area contributed by atoms with Crippen molar-refractivity contribution in [3.63, 3.8) is 0 Å². The molecular formula is C7H6N4S. The Morgan fingerprint density at radius 1 is 1.33 bits per heavy atom. The van der Waals surface area contributed by atoms with Crippen LogP contribution >= 0.6 is 12.6 Å². The molecule has 0 spiro atoms. The molecule has 0 amide bonds. The van der Waals surface area contributed by atoms with Crippen molar-refractivity contribution in [1.82, 2.24) is 15.0 Å². The van der Waals surface area contributed by atoms with E-state index in [1.54, 1.807) is 6.20 Å². The average Bonchev–Trinajstić information content (AvgIpc) is 2.04. The molecular weight excluding hydrogens is 172 g/mol. The molecule has 0 aliphatic carbocycles. The summed E-state index contributed by atoms with van der Waals surface area (Å²) in [4.78, 5) is 11.9. The van der Waals surface area contributed by atoms with Crippen molar-refractivity contribution in [1.29, 1.82) is 0 Å². The summed E-state index contributed by atoms with van der Waals surface area (Å²) in [7, 11) is 0. The minimum Gasteiger partial charge on any atom is -0.368 e. The highest BCUT2D eigenvalue weighted by Gasteiger charge is 2.01. The van der Waals surface area contributed by atoms with Crippen LogP contribution in [-0.2, 0) is 0 Å². The molecule has 2 heterocycles. The molecule has 0 radical (unpaired) electrons. The van der Waals surface area contributed by atoms with Gasteiger partial charge in [0, 0.05) is 6.20 Å². The number of aromatic nitrogens is 3. The normalized spacial score (nSPS) is 10.4. The molecule has 0 aromatic carbocycles. The van der Waals surface area contributed by atoms with Crippen LogP contribution in [0.3, 0.4) is 0 Å². The summed E-state index contributed by atoms with van der Waals surface area (Å²) in [6, 6.07) is 3.66. The molecule has 2 N–H and O–H groups in total. The van der Waals surface area contributed by atoms with Gasteiger partial charge in [-0.25, -0.2) is 9.97 Å². The third-order valence-corrected chi connectivity index (χ3v) is 1.81. The number of rotatable bonds is 0. The van der Waals surface area contributed by atoms with Gasteiger partial charge in [-0.05, 0) is 12.1 Å². The fourth-order valence-corrected chi connectivity index (χ4v) is 1.24. The van der Waals surface area contributed by atoms with Gasteiger partial charge in [0.25, 0.3) is 0 Å². The van der Waals surface area contributed by atoms with Gasteiger partial charge >= 0.3 is 0 Å². The second-order valence-electron chi connectivity index (χ2n) is 2.28. The molecule has 2 rings (SSSR count). The van der Waals surface area contributed by atoms with E-state index < -0.39 is 0 Å². The zero-order valence-corrected chi connectivity index (χ0v) is 6.99. The van der Waals surface area contributed by atoms with Crippen LogP contribution in [-0.4, -0.2) is 15.0 Å². The second kappa shape index (κ2) is 2.60. The lowest BCUT2D eigenvalue weighted by atomic mass is 10.3. The molecule has 12 heavy (non-hydrogen) atoms. The van der Waals surface area contributed by atoms with Crippen molar-refractivity contribution in [3.05, 3.63) is 18.3 Å². The summed E-state index contributed by atoms with van der Waals surface area (Å²) in [5.74, 6) is 0.200. The maximum Gasteiger partial charge on any atom is 0.223 e. The van der Waals surface area contributed by atoms with Gasteiger partial charge in [-0.15, -0.1) is 12.6 Å². The Balaban J connectivity index is 2.89. The lowest BCUT2D eigenvalue weighted by molar-refractivity contribution is 1.10. The molecule has 0 bridgehead atoms. The van der Waals surface area contributed by atoms with Crippen LogP contribution in [0.2, 0.25) is 0 Å². The SMILES string of the molecule is Nc1nc(S)c2cccnc2n1. The minimum atomic E-state index is 0.200. The second-order valence-corrected chi connectivity index (χ2v) is 2.70. The maximum absolute atomic E-state index is 5.41. The molecule has 0 aliphatic heterocycles. The molecule has 2 aromatic heterocycles. The molecule has 0 saturated heterocycles. The van der Waals surface area contributed by atoms with Crippen LogP contribution in [0.5, 0.6) is 0 Å². The van der Waals surface area contributed by atoms with Gasteiger partial charge < -0.3 is 5.73 Å². The zero-order valence-electron chi connectivity index (χ0n) is 6.10. The lowest BCUT2D eigenvalue weighted by Crippen LogP contribution is -1.96. The third-order valence-electron chi connectivity index (χ3n) is 1.47. The van der Waals surface area contributed by atoms with Crippen molar-refractivity contribution in [2.75, 3.05) is 5.73 Å². The fraction of sp³-hybridized carbons (Fsp3) is 0. The highest BCUT2D eigenvalue weighted by Crippen LogP contribution is 2.16. The van der Waals surface area contributed by atoms with Gasteiger partial charge in [0.2, 0.25) is 5.95 Å². The number of pyridine rings is 1. The summed E-state index contributed by atoms with van der Waals surface area (Å²) in [6.45, 7) is 0. The monoisotopic (exact) mass is 178 g/mol. The van der Waals surface area contributed by atoms with E-state index in [0.717, 1.165) is 5.39 Å². The first kappa shape index (κ1) is 7.30. The Morgan fingerprint density at radius 2 is 2.17 bits per heavy atom. The number of anilines is 1. The smallest absolute Gasteiger partial charge is 0.223 e. The van der Waals surface area contributed by atoms with Crippen LogP contribution in [0.1, 0.15) is 0 Å². The van der Waals surface area contributed by atoms with Gasteiger partial charge in [-0.3, -0.25) is 0 Å². The molecule has 2 aromatic rings. The summed E-state index contributed by atoms with van der Waals surface area (Å²) < 4.78 is 0. The van der Waals surface area contributed by atoms with Crippen LogP contribution in [0, 0.1) is 0 Å². The summed E-state index contributed by atoms with van der Waals surface area (Å²) in [5.41, 5.74) is 5.99. The summed E-state index contributed by atoms with van der Waals surface area (Å²) in [5, 5.41) is 1.38. The Labute approximate surface area is 74.3 Å². The third kappa shape index (κ3) is 1.08. The number of hydrogen-bond acceptors (Lipinski definition) is 5. The predicted octanol–water partition coefficient (Wildman–Crippen LogP) is 0.896. The van der Waals surface area contributed by atoms with Gasteiger partial charge in [0.1, 0.15) is 5.03 Å². The van der Waals surface area contributed by atoms with Crippen molar-refractivity contribution in [2.45, 2.75) is 5.03 Å². The molecule has 4 nitrogen and oxygen atoms in total. The van der Waals surface area contributed by atoms with Crippen LogP contribution in [0.25, 0.3) is 11.0 Å². The molecule has 5 heteroatoms. The van der Waals surface area contributed by atoms with Crippen molar-refractivity contribution >= 4 is 29.6 Å². The van der Waals surface area contributed by atoms with Crippen molar-refractivity contribution in [3.8, 4) is 0 Å². The number of thiol groups is 1. The first-order valence-corrected chi connectivity index (χ1v) is 3.79. The molecule has 0 atom stereocenters. The van der Waals surface area contributed by atoms with Crippen molar-refractivity contribution in [2.24, 2.45) is 0 Å². The fourth-order valence-electron chi connectivity index (χ4n) is 0.963. The molecule has 0 aliphatic rings. The Hall–Kier alpha value is -1.36. The van der Waals surface area contributed by atoms with E-state index in [-0.39, 0.29) is 5.95 Å². The van der Waals surface area contributed by atoms with E-state index in [0.29, 0.717) is 10.7 Å². The van der Waals surface area contributed by atoms with Gasteiger partial charge in [-0.1, -0.05) is 0 Å². The van der Waals surface area contributed by atoms with Crippen LogP contribution < -0.4 is 5.73 Å². The van der Waals surface area contributed by atoms with Gasteiger partial charge in [-0.2, -0.15) is 4.98 Å². The first-order valence-electron chi connectivity index (χ1n) is 3.34. The number of nitrogen functional groups attached to an aromatic ring is 1. The quantitative estimate of drug-likeness (QED) is 0.464. The van der Waals surface area contributed by atoms with Crippen LogP contribution in [0.4, 0.5) is 5.95 Å². The number of nitrogens with zero attached hydrogens (tertiary/aromatic N) is 3. The molecule has 0 unspecified atom stereocenters. The largest absolute Gasteiger partial charge is 0.368 e. The van der Waals surface area contributed by atoms with E-state index in [2.05, 4.69) is 27.6 Å². The minimum absolute atomic E-state index is 0.200. The Kier molecular flexibility index (Phi) is 1.58. The predicted molar refractivity (Wildman–Crippen MR) is 49.0 cm³/mol. The topological polar surface area (TPSA) is 64.7 Å². The maximum atomic E-state index is 5.41. The standard InChI is InChI=1S/C7H6N4S/c8-7-10-5-4(6(12)11-7)2-1-3-9-5/h1-3H,(H3,8,9,10,11,12). The van der Waals surface area contributed by atoms with E-state index in [4.69, 9.17) is 5.73 Å². The van der Waals surface area contributed by atoms with Crippen LogP contribution in [0.15, 0.2) is 23.4 Å². The number of hydrogen-bond donors (Lipinski definition) is 2. The van der Waals surface area contributed by atoms with Crippen molar-refractivity contribution < 1.29 is 0 Å². The summed E-state index contributed by atoms with van der Waals surface area (Å²) in [6.07, 6.45) is 1.65. The van der Waals surface area contributed by atoms with E-state index >= 15 is 0 Å². The number of fused-ring (bicyclic) bond motifs is 1. The Morgan fingerprint density at radius 3 is 3.00 bits per heavy atom. The average molecular weight is 178 g/mol. The van der Waals surface area contributed by atoms with Gasteiger partial charge in [0.05, 0.1) is 5.39 Å². The number of nitrogens with two attached hydrogens (primary N) is 1. The van der Waals surface area contributed by atoms with E-state index in [9.17, 15) is 0 Å². The highest BCUT2D eigenvalue weighted by molar-refractivity contribution is 7.80. The molecule has 0 fully saturated rings. The first-order chi connectivity index (χ1) is 5.77. The molecule has 0 saturated carbocycles. The lowest BCUT2D eigenvalue weighted by Gasteiger charge is -1.98. The highest BCUT2D eigenvalue weighted by atomic mass is 32.1. The van der Waals surface area contributed by atoms with E-state index in [1.807, 2.05) is 12.1 Å². The van der Waals surface area contributed by atoms with E-state index in [1.165, 1.54) is 0 Å². The summed E-state index contributed by atoms with van der Waals surface area (Å²) >= 11 is 4.15. The molecule has 60 valence electrons. The zero-order chi connectivity index (χ0) is 8.55.